The van der Waals surface area contributed by atoms with Gasteiger partial charge in [-0.2, -0.15) is 8.42 Å². The number of rotatable bonds is 3. The van der Waals surface area contributed by atoms with Crippen LogP contribution >= 0.6 is 0 Å². The molecule has 0 saturated carbocycles. The lowest BCUT2D eigenvalue weighted by Gasteiger charge is -2.12. The van der Waals surface area contributed by atoms with Gasteiger partial charge in [0.25, 0.3) is 10.1 Å². The number of nitrogens with two attached hydrogens (primary N) is 1. The zero-order valence-electron chi connectivity index (χ0n) is 8.64. The van der Waals surface area contributed by atoms with E-state index in [0.717, 1.165) is 0 Å². The van der Waals surface area contributed by atoms with Crippen LogP contribution in [-0.2, 0) is 10.1 Å². The summed E-state index contributed by atoms with van der Waals surface area (Å²) in [6.07, 6.45) is -0.995. The summed E-state index contributed by atoms with van der Waals surface area (Å²) in [4.78, 5) is 0. The Morgan fingerprint density at radius 2 is 1.71 bits per heavy atom. The number of aliphatic hydroxyl groups is 2. The van der Waals surface area contributed by atoms with Crippen LogP contribution in [0.2, 0.25) is 0 Å². The molecular formula is C7H19NO5S. The summed E-state index contributed by atoms with van der Waals surface area (Å²) in [5.41, 5.74) is 4.88. The van der Waals surface area contributed by atoms with Crippen LogP contribution < -0.4 is 5.73 Å². The largest absolute Gasteiger partial charge is 0.394 e. The van der Waals surface area contributed by atoms with Gasteiger partial charge >= 0.3 is 0 Å². The molecule has 0 amide bonds. The lowest BCUT2D eigenvalue weighted by Crippen LogP contribution is -2.35. The van der Waals surface area contributed by atoms with Crippen molar-refractivity contribution in [2.75, 3.05) is 12.4 Å². The van der Waals surface area contributed by atoms with E-state index in [9.17, 15) is 8.42 Å². The minimum absolute atomic E-state index is 0.0486. The Hall–Kier alpha value is -0.210. The molecule has 6 nitrogen and oxygen atoms in total. The van der Waals surface area contributed by atoms with Gasteiger partial charge < -0.3 is 15.9 Å². The van der Waals surface area contributed by atoms with Crippen LogP contribution in [0.1, 0.15) is 20.8 Å². The van der Waals surface area contributed by atoms with Crippen molar-refractivity contribution in [3.8, 4) is 0 Å². The quantitative estimate of drug-likeness (QED) is 0.459. The molecule has 0 aromatic rings. The Morgan fingerprint density at radius 1 is 1.43 bits per heavy atom. The van der Waals surface area contributed by atoms with Crippen LogP contribution in [0.3, 0.4) is 0 Å². The van der Waals surface area contributed by atoms with Crippen LogP contribution in [-0.4, -0.2) is 47.2 Å². The lowest BCUT2D eigenvalue weighted by atomic mass is 10.1. The second kappa shape index (κ2) is 6.31. The van der Waals surface area contributed by atoms with Crippen molar-refractivity contribution in [1.29, 1.82) is 0 Å². The Balaban J connectivity index is 0. The molecule has 0 fully saturated rings. The zero-order valence-corrected chi connectivity index (χ0v) is 9.45. The SMILES string of the molecule is CC(C)(N)CO.CC(O)CS(=O)(=O)O. The molecular weight excluding hydrogens is 210 g/mol. The van der Waals surface area contributed by atoms with Gasteiger partial charge in [0.2, 0.25) is 0 Å². The highest BCUT2D eigenvalue weighted by Gasteiger charge is 2.07. The fourth-order valence-corrected chi connectivity index (χ4v) is 0.914. The van der Waals surface area contributed by atoms with Gasteiger partial charge in [-0.3, -0.25) is 4.55 Å². The molecule has 0 saturated heterocycles. The summed E-state index contributed by atoms with van der Waals surface area (Å²) in [5, 5.41) is 16.6. The topological polar surface area (TPSA) is 121 Å². The van der Waals surface area contributed by atoms with E-state index in [0.29, 0.717) is 0 Å². The van der Waals surface area contributed by atoms with Crippen molar-refractivity contribution in [3.63, 3.8) is 0 Å². The van der Waals surface area contributed by atoms with Crippen molar-refractivity contribution in [2.45, 2.75) is 32.4 Å². The summed E-state index contributed by atoms with van der Waals surface area (Å²) in [6, 6.07) is 0. The minimum atomic E-state index is -3.97. The average molecular weight is 229 g/mol. The minimum Gasteiger partial charge on any atom is -0.394 e. The van der Waals surface area contributed by atoms with Gasteiger partial charge in [-0.25, -0.2) is 0 Å². The van der Waals surface area contributed by atoms with Crippen molar-refractivity contribution >= 4 is 10.1 Å². The molecule has 0 heterocycles. The molecule has 0 radical (unpaired) electrons. The second-order valence-electron chi connectivity index (χ2n) is 3.74. The monoisotopic (exact) mass is 229 g/mol. The van der Waals surface area contributed by atoms with E-state index in [-0.39, 0.29) is 6.61 Å². The van der Waals surface area contributed by atoms with Crippen molar-refractivity contribution in [3.05, 3.63) is 0 Å². The maximum absolute atomic E-state index is 9.84. The molecule has 0 aromatic carbocycles. The standard InChI is InChI=1S/C4H11NO.C3H8O4S/c1-4(2,5)3-6;1-3(4)2-8(5,6)7/h6H,3,5H2,1-2H3;3-4H,2H2,1H3,(H,5,6,7). The van der Waals surface area contributed by atoms with Gasteiger partial charge in [-0.1, -0.05) is 0 Å². The van der Waals surface area contributed by atoms with Crippen LogP contribution in [0.15, 0.2) is 0 Å². The number of hydrogen-bond donors (Lipinski definition) is 4. The van der Waals surface area contributed by atoms with E-state index in [1.807, 2.05) is 0 Å². The highest BCUT2D eigenvalue weighted by atomic mass is 32.2. The Bertz CT molecular complexity index is 229. The third-order valence-corrected chi connectivity index (χ3v) is 1.76. The van der Waals surface area contributed by atoms with E-state index in [1.54, 1.807) is 13.8 Å². The van der Waals surface area contributed by atoms with Gasteiger partial charge in [0.05, 0.1) is 12.7 Å². The van der Waals surface area contributed by atoms with Crippen LogP contribution in [0, 0.1) is 0 Å². The van der Waals surface area contributed by atoms with Gasteiger partial charge in [0.15, 0.2) is 0 Å². The van der Waals surface area contributed by atoms with E-state index >= 15 is 0 Å². The Labute approximate surface area is 84.5 Å². The number of hydrogen-bond acceptors (Lipinski definition) is 5. The van der Waals surface area contributed by atoms with Gasteiger partial charge in [-0.15, -0.1) is 0 Å². The predicted molar refractivity (Wildman–Crippen MR) is 53.4 cm³/mol. The van der Waals surface area contributed by atoms with E-state index in [2.05, 4.69) is 0 Å². The second-order valence-corrected chi connectivity index (χ2v) is 5.24. The molecule has 5 N–H and O–H groups in total. The third kappa shape index (κ3) is 22.6. The molecule has 0 aliphatic heterocycles. The first kappa shape index (κ1) is 16.2. The molecule has 0 bridgehead atoms. The molecule has 14 heavy (non-hydrogen) atoms. The fourth-order valence-electron chi connectivity index (χ4n) is 0.305. The smallest absolute Gasteiger partial charge is 0.267 e. The average Bonchev–Trinajstić information content (AvgIpc) is 1.81. The first-order chi connectivity index (χ1) is 5.98. The zero-order chi connectivity index (χ0) is 12.0. The molecule has 0 aliphatic carbocycles. The Morgan fingerprint density at radius 3 is 1.71 bits per heavy atom. The molecule has 1 unspecified atom stereocenters. The van der Waals surface area contributed by atoms with Crippen LogP contribution in [0.5, 0.6) is 0 Å². The van der Waals surface area contributed by atoms with Crippen molar-refractivity contribution < 1.29 is 23.2 Å². The fraction of sp³-hybridized carbons (Fsp3) is 1.00. The summed E-state index contributed by atoms with van der Waals surface area (Å²) >= 11 is 0. The molecule has 7 heteroatoms. The van der Waals surface area contributed by atoms with Gasteiger partial charge in [-0.05, 0) is 20.8 Å². The summed E-state index contributed by atoms with van der Waals surface area (Å²) in [5.74, 6) is -0.590. The first-order valence-corrected chi connectivity index (χ1v) is 5.62. The maximum Gasteiger partial charge on any atom is 0.267 e. The van der Waals surface area contributed by atoms with Gasteiger partial charge in [0.1, 0.15) is 5.75 Å². The van der Waals surface area contributed by atoms with Crippen molar-refractivity contribution in [2.24, 2.45) is 5.73 Å². The highest BCUT2D eigenvalue weighted by molar-refractivity contribution is 7.85. The molecule has 1 atom stereocenters. The van der Waals surface area contributed by atoms with E-state index < -0.39 is 27.5 Å². The maximum atomic E-state index is 9.84. The molecule has 0 aliphatic rings. The van der Waals surface area contributed by atoms with Crippen molar-refractivity contribution in [1.82, 2.24) is 0 Å². The van der Waals surface area contributed by atoms with Crippen LogP contribution in [0.4, 0.5) is 0 Å². The summed E-state index contributed by atoms with van der Waals surface area (Å²) < 4.78 is 27.7. The predicted octanol–water partition coefficient (Wildman–Crippen LogP) is -1.03. The normalized spacial score (nSPS) is 14.2. The van der Waals surface area contributed by atoms with Gasteiger partial charge in [0, 0.05) is 5.54 Å². The Kier molecular flexibility index (Phi) is 7.31. The van der Waals surface area contributed by atoms with E-state index in [1.165, 1.54) is 6.92 Å². The third-order valence-electron chi connectivity index (χ3n) is 0.859. The van der Waals surface area contributed by atoms with Crippen LogP contribution in [0.25, 0.3) is 0 Å². The van der Waals surface area contributed by atoms with E-state index in [4.69, 9.17) is 20.5 Å². The molecule has 0 spiro atoms. The summed E-state index contributed by atoms with van der Waals surface area (Å²) in [6.45, 7) is 4.88. The first-order valence-electron chi connectivity index (χ1n) is 4.01. The number of aliphatic hydroxyl groups excluding tert-OH is 2. The highest BCUT2D eigenvalue weighted by Crippen LogP contribution is 1.90. The lowest BCUT2D eigenvalue weighted by molar-refractivity contribution is 0.215. The molecule has 0 aromatic heterocycles. The molecule has 0 rings (SSSR count). The molecule has 88 valence electrons. The summed E-state index contributed by atoms with van der Waals surface area (Å²) in [7, 11) is -3.97.